The summed E-state index contributed by atoms with van der Waals surface area (Å²) < 4.78 is 25.5. The van der Waals surface area contributed by atoms with Crippen molar-refractivity contribution in [3.63, 3.8) is 0 Å². The summed E-state index contributed by atoms with van der Waals surface area (Å²) in [6, 6.07) is 13.8. The Labute approximate surface area is 193 Å². The number of hydrogen-bond acceptors (Lipinski definition) is 5. The monoisotopic (exact) mass is 449 g/mol. The van der Waals surface area contributed by atoms with Gasteiger partial charge < -0.3 is 25.4 Å². The molecule has 0 radical (unpaired) electrons. The van der Waals surface area contributed by atoms with Gasteiger partial charge >= 0.3 is 0 Å². The number of methoxy groups -OCH3 is 1. The van der Waals surface area contributed by atoms with Crippen LogP contribution in [0.4, 0.5) is 21.5 Å². The average molecular weight is 450 g/mol. The molecule has 1 amide bonds. The van der Waals surface area contributed by atoms with E-state index in [4.69, 9.17) is 15.2 Å². The second-order valence-electron chi connectivity index (χ2n) is 8.76. The Morgan fingerprint density at radius 1 is 1.06 bits per heavy atom. The number of nitrogens with one attached hydrogen (secondary N) is 1. The van der Waals surface area contributed by atoms with Crippen molar-refractivity contribution in [2.75, 3.05) is 30.1 Å². The van der Waals surface area contributed by atoms with Crippen LogP contribution in [-0.2, 0) is 11.4 Å². The average Bonchev–Trinajstić information content (AvgIpc) is 2.77. The number of likely N-dealkylation sites (N-methyl/N-ethyl adjacent to an activating group) is 1. The molecule has 1 heterocycles. The predicted molar refractivity (Wildman–Crippen MR) is 129 cm³/mol. The molecule has 0 saturated carbocycles. The number of ether oxygens (including phenoxy) is 2. The fourth-order valence-electron chi connectivity index (χ4n) is 4.24. The number of fused-ring (bicyclic) bond motifs is 1. The van der Waals surface area contributed by atoms with Crippen molar-refractivity contribution >= 4 is 23.0 Å². The number of hydrogen-bond donors (Lipinski definition) is 2. The number of nitrogens with zero attached hydrogens (tertiary/aromatic N) is 1. The normalized spacial score (nSPS) is 14.5. The van der Waals surface area contributed by atoms with Gasteiger partial charge in [-0.15, -0.1) is 0 Å². The topological polar surface area (TPSA) is 76.8 Å². The summed E-state index contributed by atoms with van der Waals surface area (Å²) in [5, 5.41) is 3.33. The van der Waals surface area contributed by atoms with Crippen molar-refractivity contribution in [1.82, 2.24) is 0 Å². The number of anilines is 3. The Balaban J connectivity index is 1.89. The molecule has 6 nitrogen and oxygen atoms in total. The molecule has 3 aromatic rings. The molecule has 0 saturated heterocycles. The highest BCUT2D eigenvalue weighted by molar-refractivity contribution is 6.08. The van der Waals surface area contributed by atoms with Gasteiger partial charge in [0, 0.05) is 36.0 Å². The maximum Gasteiger partial charge on any atom is 0.251 e. The van der Waals surface area contributed by atoms with Crippen LogP contribution in [0, 0.1) is 12.7 Å². The lowest BCUT2D eigenvalue weighted by atomic mass is 9.91. The number of rotatable bonds is 5. The summed E-state index contributed by atoms with van der Waals surface area (Å²) in [5.74, 6) is 0.610. The number of amides is 1. The first-order chi connectivity index (χ1) is 15.6. The van der Waals surface area contributed by atoms with Crippen LogP contribution in [0.1, 0.15) is 25.0 Å². The first-order valence-corrected chi connectivity index (χ1v) is 10.7. The van der Waals surface area contributed by atoms with E-state index in [2.05, 4.69) is 5.32 Å². The van der Waals surface area contributed by atoms with Gasteiger partial charge in [0.1, 0.15) is 29.5 Å². The summed E-state index contributed by atoms with van der Waals surface area (Å²) in [7, 11) is 3.34. The Morgan fingerprint density at radius 2 is 1.79 bits per heavy atom. The Kier molecular flexibility index (Phi) is 5.66. The van der Waals surface area contributed by atoms with Crippen LogP contribution in [0.5, 0.6) is 11.5 Å². The van der Waals surface area contributed by atoms with Crippen molar-refractivity contribution in [3.8, 4) is 22.6 Å². The van der Waals surface area contributed by atoms with Gasteiger partial charge in [-0.3, -0.25) is 4.79 Å². The molecule has 1 aliphatic rings. The lowest BCUT2D eigenvalue weighted by Crippen LogP contribution is -2.52. The SMILES string of the molecule is COc1cc(N)ccc1-c1ccc2c(c1COc1cc(F)ccc1C)N(C)C(=O)C(C)(C)N2. The number of carbonyl (C=O) groups excluding carboxylic acids is 1. The maximum absolute atomic E-state index is 13.9. The minimum absolute atomic E-state index is 0.0698. The largest absolute Gasteiger partial charge is 0.496 e. The molecular weight excluding hydrogens is 421 g/mol. The third-order valence-corrected chi connectivity index (χ3v) is 5.94. The highest BCUT2D eigenvalue weighted by atomic mass is 19.1. The first-order valence-electron chi connectivity index (χ1n) is 10.7. The smallest absolute Gasteiger partial charge is 0.251 e. The van der Waals surface area contributed by atoms with Gasteiger partial charge in [0.25, 0.3) is 5.91 Å². The molecule has 0 atom stereocenters. The molecule has 3 N–H and O–H groups in total. The molecule has 172 valence electrons. The van der Waals surface area contributed by atoms with E-state index in [1.54, 1.807) is 37.3 Å². The molecule has 1 aliphatic heterocycles. The van der Waals surface area contributed by atoms with E-state index in [-0.39, 0.29) is 18.3 Å². The molecule has 0 aliphatic carbocycles. The molecule has 0 fully saturated rings. The standard InChI is InChI=1S/C26H28FN3O3/c1-15-6-7-16(27)12-22(15)33-14-20-18(19-9-8-17(28)13-23(19)32-5)10-11-21-24(20)30(4)25(31)26(2,3)29-21/h6-13,29H,14,28H2,1-5H3. The predicted octanol–water partition coefficient (Wildman–Crippen LogP) is 5.14. The van der Waals surface area contributed by atoms with E-state index in [0.717, 1.165) is 27.9 Å². The van der Waals surface area contributed by atoms with Gasteiger partial charge in [0.15, 0.2) is 0 Å². The van der Waals surface area contributed by atoms with Crippen molar-refractivity contribution < 1.29 is 18.7 Å². The second kappa shape index (κ2) is 8.31. The number of aryl methyl sites for hydroxylation is 1. The molecule has 4 rings (SSSR count). The molecule has 0 unspecified atom stereocenters. The molecule has 7 heteroatoms. The molecule has 0 bridgehead atoms. The zero-order chi connectivity index (χ0) is 23.9. The van der Waals surface area contributed by atoms with Crippen LogP contribution in [0.15, 0.2) is 48.5 Å². The van der Waals surface area contributed by atoms with Crippen molar-refractivity contribution in [3.05, 3.63) is 65.5 Å². The summed E-state index contributed by atoms with van der Waals surface area (Å²) in [4.78, 5) is 14.7. The van der Waals surface area contributed by atoms with Gasteiger partial charge in [-0.05, 0) is 56.2 Å². The highest BCUT2D eigenvalue weighted by Gasteiger charge is 2.38. The summed E-state index contributed by atoms with van der Waals surface area (Å²) in [6.45, 7) is 5.67. The van der Waals surface area contributed by atoms with E-state index < -0.39 is 5.54 Å². The minimum Gasteiger partial charge on any atom is -0.496 e. The molecule has 3 aromatic carbocycles. The molecule has 0 aromatic heterocycles. The van der Waals surface area contributed by atoms with Crippen LogP contribution in [0.25, 0.3) is 11.1 Å². The van der Waals surface area contributed by atoms with Gasteiger partial charge in [-0.25, -0.2) is 4.39 Å². The first kappa shape index (κ1) is 22.5. The van der Waals surface area contributed by atoms with Crippen LogP contribution < -0.4 is 25.4 Å². The lowest BCUT2D eigenvalue weighted by Gasteiger charge is -2.39. The summed E-state index contributed by atoms with van der Waals surface area (Å²) in [5.41, 5.74) is 10.6. The van der Waals surface area contributed by atoms with Crippen molar-refractivity contribution in [1.29, 1.82) is 0 Å². The van der Waals surface area contributed by atoms with Gasteiger partial charge in [-0.1, -0.05) is 12.1 Å². The maximum atomic E-state index is 13.9. The van der Waals surface area contributed by atoms with E-state index in [9.17, 15) is 9.18 Å². The van der Waals surface area contributed by atoms with Gasteiger partial charge in [0.2, 0.25) is 0 Å². The minimum atomic E-state index is -0.751. The molecular formula is C26H28FN3O3. The molecule has 33 heavy (non-hydrogen) atoms. The van der Waals surface area contributed by atoms with Gasteiger partial charge in [-0.2, -0.15) is 0 Å². The Bertz CT molecular complexity index is 1240. The van der Waals surface area contributed by atoms with E-state index >= 15 is 0 Å². The van der Waals surface area contributed by atoms with Crippen LogP contribution >= 0.6 is 0 Å². The zero-order valence-corrected chi connectivity index (χ0v) is 19.5. The molecule has 0 spiro atoms. The van der Waals surface area contributed by atoms with E-state index in [1.165, 1.54) is 12.1 Å². The summed E-state index contributed by atoms with van der Waals surface area (Å²) >= 11 is 0. The van der Waals surface area contributed by atoms with Gasteiger partial charge in [0.05, 0.1) is 18.5 Å². The number of nitrogen functional groups attached to an aromatic ring is 1. The zero-order valence-electron chi connectivity index (χ0n) is 19.5. The third kappa shape index (κ3) is 4.06. The van der Waals surface area contributed by atoms with Crippen LogP contribution in [0.2, 0.25) is 0 Å². The number of halogens is 1. The van der Waals surface area contributed by atoms with Crippen molar-refractivity contribution in [2.45, 2.75) is 32.9 Å². The Morgan fingerprint density at radius 3 is 2.52 bits per heavy atom. The van der Waals surface area contributed by atoms with E-state index in [0.29, 0.717) is 22.9 Å². The highest BCUT2D eigenvalue weighted by Crippen LogP contribution is 2.44. The second-order valence-corrected chi connectivity index (χ2v) is 8.76. The quantitative estimate of drug-likeness (QED) is 0.528. The van der Waals surface area contributed by atoms with Crippen LogP contribution in [-0.4, -0.2) is 25.6 Å². The number of nitrogens with two attached hydrogens (primary N) is 1. The van der Waals surface area contributed by atoms with Crippen molar-refractivity contribution in [2.24, 2.45) is 0 Å². The van der Waals surface area contributed by atoms with E-state index in [1.807, 2.05) is 39.0 Å². The number of benzene rings is 3. The fraction of sp³-hybridized carbons (Fsp3) is 0.269. The lowest BCUT2D eigenvalue weighted by molar-refractivity contribution is -0.121. The Hall–Kier alpha value is -3.74. The van der Waals surface area contributed by atoms with Crippen LogP contribution in [0.3, 0.4) is 0 Å². The summed E-state index contributed by atoms with van der Waals surface area (Å²) in [6.07, 6.45) is 0. The fourth-order valence-corrected chi connectivity index (χ4v) is 4.24. The third-order valence-electron chi connectivity index (χ3n) is 5.94. The number of carbonyl (C=O) groups is 1.